The van der Waals surface area contributed by atoms with Crippen molar-refractivity contribution >= 4 is 5.69 Å². The van der Waals surface area contributed by atoms with Crippen LogP contribution in [0.5, 0.6) is 0 Å². The van der Waals surface area contributed by atoms with Crippen LogP contribution in [0.2, 0.25) is 0 Å². The summed E-state index contributed by atoms with van der Waals surface area (Å²) in [4.78, 5) is 1.81. The number of hydrogen-bond donors (Lipinski definition) is 0. The summed E-state index contributed by atoms with van der Waals surface area (Å²) in [6.45, 7) is 3.84. The molecule has 0 saturated carbocycles. The molecule has 0 bridgehead atoms. The topological polar surface area (TPSA) is 27.0 Å². The van der Waals surface area contributed by atoms with Gasteiger partial charge in [-0.1, -0.05) is 0 Å². The summed E-state index contributed by atoms with van der Waals surface area (Å²) in [5, 5.41) is 8.76. The molecule has 0 N–H and O–H groups in total. The molecular weight excluding hydrogens is 229 g/mol. The second-order valence-electron chi connectivity index (χ2n) is 4.04. The summed E-state index contributed by atoms with van der Waals surface area (Å²) in [5.41, 5.74) is -0.632. The monoisotopic (exact) mass is 242 g/mol. The van der Waals surface area contributed by atoms with Crippen LogP contribution in [0.15, 0.2) is 18.2 Å². The van der Waals surface area contributed by atoms with E-state index in [0.717, 1.165) is 6.07 Å². The third-order valence-corrected chi connectivity index (χ3v) is 2.61. The Morgan fingerprint density at radius 1 is 1.29 bits per heavy atom. The molecule has 0 aliphatic heterocycles. The molecule has 92 valence electrons. The minimum absolute atomic E-state index is 0.151. The van der Waals surface area contributed by atoms with Crippen LogP contribution in [0, 0.1) is 11.3 Å². The van der Waals surface area contributed by atoms with E-state index >= 15 is 0 Å². The molecule has 0 unspecified atom stereocenters. The molecule has 0 atom stereocenters. The van der Waals surface area contributed by atoms with Gasteiger partial charge in [0, 0.05) is 18.8 Å². The lowest BCUT2D eigenvalue weighted by Crippen LogP contribution is -2.25. The van der Waals surface area contributed by atoms with Gasteiger partial charge in [-0.05, 0) is 32.0 Å². The molecule has 1 aromatic carbocycles. The Labute approximate surface area is 98.3 Å². The van der Waals surface area contributed by atoms with Crippen molar-refractivity contribution in [3.8, 4) is 6.07 Å². The van der Waals surface area contributed by atoms with E-state index in [-0.39, 0.29) is 11.6 Å². The SMILES string of the molecule is CC(C)N(C)c1ccc(C(F)(F)F)c(C#N)c1. The maximum absolute atomic E-state index is 12.6. The number of hydrogen-bond acceptors (Lipinski definition) is 2. The van der Waals surface area contributed by atoms with Crippen molar-refractivity contribution in [1.29, 1.82) is 5.26 Å². The zero-order chi connectivity index (χ0) is 13.2. The molecule has 17 heavy (non-hydrogen) atoms. The number of benzene rings is 1. The fourth-order valence-electron chi connectivity index (χ4n) is 1.39. The van der Waals surface area contributed by atoms with E-state index < -0.39 is 11.7 Å². The molecule has 0 heterocycles. The fourth-order valence-corrected chi connectivity index (χ4v) is 1.39. The van der Waals surface area contributed by atoms with E-state index in [4.69, 9.17) is 5.26 Å². The van der Waals surface area contributed by atoms with Gasteiger partial charge in [-0.15, -0.1) is 0 Å². The summed E-state index contributed by atoms with van der Waals surface area (Å²) in [6.07, 6.45) is -4.49. The predicted molar refractivity (Wildman–Crippen MR) is 59.7 cm³/mol. The smallest absolute Gasteiger partial charge is 0.372 e. The lowest BCUT2D eigenvalue weighted by atomic mass is 10.1. The highest BCUT2D eigenvalue weighted by atomic mass is 19.4. The van der Waals surface area contributed by atoms with E-state index in [1.165, 1.54) is 12.1 Å². The molecule has 0 radical (unpaired) electrons. The second-order valence-corrected chi connectivity index (χ2v) is 4.04. The second kappa shape index (κ2) is 4.66. The van der Waals surface area contributed by atoms with Crippen molar-refractivity contribution in [1.82, 2.24) is 0 Å². The number of anilines is 1. The lowest BCUT2D eigenvalue weighted by molar-refractivity contribution is -0.137. The molecular formula is C12H13F3N2. The summed E-state index contributed by atoms with van der Waals surface area (Å²) >= 11 is 0. The standard InChI is InChI=1S/C12H13F3N2/c1-8(2)17(3)10-4-5-11(12(13,14)15)9(6-10)7-16/h4-6,8H,1-3H3. The van der Waals surface area contributed by atoms with Gasteiger partial charge in [-0.2, -0.15) is 18.4 Å². The van der Waals surface area contributed by atoms with Gasteiger partial charge in [0.15, 0.2) is 0 Å². The highest BCUT2D eigenvalue weighted by molar-refractivity contribution is 5.55. The Kier molecular flexibility index (Phi) is 3.66. The van der Waals surface area contributed by atoms with Crippen molar-refractivity contribution in [2.45, 2.75) is 26.1 Å². The number of alkyl halides is 3. The normalized spacial score (nSPS) is 11.4. The summed E-state index contributed by atoms with van der Waals surface area (Å²) < 4.78 is 37.7. The first kappa shape index (κ1) is 13.4. The van der Waals surface area contributed by atoms with Crippen molar-refractivity contribution in [3.63, 3.8) is 0 Å². The molecule has 0 aromatic heterocycles. The number of rotatable bonds is 2. The van der Waals surface area contributed by atoms with Crippen LogP contribution in [0.1, 0.15) is 25.0 Å². The van der Waals surface area contributed by atoms with Crippen LogP contribution in [-0.2, 0) is 6.18 Å². The van der Waals surface area contributed by atoms with E-state index in [9.17, 15) is 13.2 Å². The molecule has 1 rings (SSSR count). The predicted octanol–water partition coefficient (Wildman–Crippen LogP) is 3.42. The first-order chi connectivity index (χ1) is 7.77. The first-order valence-electron chi connectivity index (χ1n) is 5.11. The molecule has 0 aliphatic rings. The number of halogens is 3. The molecule has 0 spiro atoms. The minimum Gasteiger partial charge on any atom is -0.372 e. The average Bonchev–Trinajstić information content (AvgIpc) is 2.25. The third kappa shape index (κ3) is 2.90. The van der Waals surface area contributed by atoms with Crippen LogP contribution >= 0.6 is 0 Å². The maximum Gasteiger partial charge on any atom is 0.417 e. The molecule has 0 aliphatic carbocycles. The Morgan fingerprint density at radius 3 is 2.29 bits per heavy atom. The van der Waals surface area contributed by atoms with Gasteiger partial charge in [0.1, 0.15) is 0 Å². The summed E-state index contributed by atoms with van der Waals surface area (Å²) in [5.74, 6) is 0. The van der Waals surface area contributed by atoms with Crippen LogP contribution in [0.25, 0.3) is 0 Å². The third-order valence-electron chi connectivity index (χ3n) is 2.61. The van der Waals surface area contributed by atoms with Gasteiger partial charge in [-0.25, -0.2) is 0 Å². The van der Waals surface area contributed by atoms with Crippen LogP contribution in [-0.4, -0.2) is 13.1 Å². The Bertz CT molecular complexity index is 444. The summed E-state index contributed by atoms with van der Waals surface area (Å²) in [6, 6.07) is 5.34. The van der Waals surface area contributed by atoms with E-state index in [2.05, 4.69) is 0 Å². The zero-order valence-electron chi connectivity index (χ0n) is 9.84. The Balaban J connectivity index is 3.24. The average molecular weight is 242 g/mol. The minimum atomic E-state index is -4.49. The van der Waals surface area contributed by atoms with Gasteiger partial charge in [0.2, 0.25) is 0 Å². The van der Waals surface area contributed by atoms with Gasteiger partial charge in [0.25, 0.3) is 0 Å². The van der Waals surface area contributed by atoms with Crippen molar-refractivity contribution in [2.75, 3.05) is 11.9 Å². The molecule has 5 heteroatoms. The molecule has 0 amide bonds. The first-order valence-corrected chi connectivity index (χ1v) is 5.11. The largest absolute Gasteiger partial charge is 0.417 e. The van der Waals surface area contributed by atoms with Gasteiger partial charge < -0.3 is 4.90 Å². The fraction of sp³-hybridized carbons (Fsp3) is 0.417. The van der Waals surface area contributed by atoms with E-state index in [1.54, 1.807) is 18.0 Å². The highest BCUT2D eigenvalue weighted by Gasteiger charge is 2.33. The Morgan fingerprint density at radius 2 is 1.88 bits per heavy atom. The van der Waals surface area contributed by atoms with E-state index in [0.29, 0.717) is 5.69 Å². The van der Waals surface area contributed by atoms with Crippen LogP contribution in [0.4, 0.5) is 18.9 Å². The highest BCUT2D eigenvalue weighted by Crippen LogP contribution is 2.33. The van der Waals surface area contributed by atoms with E-state index in [1.807, 2.05) is 13.8 Å². The number of nitrogens with zero attached hydrogens (tertiary/aromatic N) is 2. The van der Waals surface area contributed by atoms with Gasteiger partial charge in [0.05, 0.1) is 17.2 Å². The van der Waals surface area contributed by atoms with Gasteiger partial charge >= 0.3 is 6.18 Å². The van der Waals surface area contributed by atoms with Crippen molar-refractivity contribution < 1.29 is 13.2 Å². The van der Waals surface area contributed by atoms with Gasteiger partial charge in [-0.3, -0.25) is 0 Å². The molecule has 0 saturated heterocycles. The zero-order valence-corrected chi connectivity index (χ0v) is 9.84. The Hall–Kier alpha value is -1.70. The lowest BCUT2D eigenvalue weighted by Gasteiger charge is -2.24. The van der Waals surface area contributed by atoms with Crippen molar-refractivity contribution in [3.05, 3.63) is 29.3 Å². The molecule has 2 nitrogen and oxygen atoms in total. The van der Waals surface area contributed by atoms with Crippen LogP contribution in [0.3, 0.4) is 0 Å². The maximum atomic E-state index is 12.6. The number of nitriles is 1. The quantitative estimate of drug-likeness (QED) is 0.794. The molecule has 1 aromatic rings. The van der Waals surface area contributed by atoms with Crippen LogP contribution < -0.4 is 4.90 Å². The van der Waals surface area contributed by atoms with Crippen molar-refractivity contribution in [2.24, 2.45) is 0 Å². The summed E-state index contributed by atoms with van der Waals surface area (Å²) in [7, 11) is 1.77. The molecule has 0 fully saturated rings.